The molecule has 0 aliphatic carbocycles. The first-order valence-electron chi connectivity index (χ1n) is 9.11. The van der Waals surface area contributed by atoms with Crippen molar-refractivity contribution in [3.63, 3.8) is 0 Å². The van der Waals surface area contributed by atoms with Crippen molar-refractivity contribution in [1.82, 2.24) is 15.8 Å². The van der Waals surface area contributed by atoms with E-state index in [2.05, 4.69) is 10.7 Å². The molecule has 0 saturated carbocycles. The van der Waals surface area contributed by atoms with Crippen molar-refractivity contribution in [3.05, 3.63) is 78.4 Å². The normalized spacial score (nSPS) is 18.6. The summed E-state index contributed by atoms with van der Waals surface area (Å²) in [6, 6.07) is 21.4. The minimum absolute atomic E-state index is 0.336. The molecule has 1 atom stereocenters. The molecule has 0 bridgehead atoms. The van der Waals surface area contributed by atoms with Gasteiger partial charge >= 0.3 is 6.03 Å². The lowest BCUT2D eigenvalue weighted by molar-refractivity contribution is -0.139. The third-order valence-corrected chi connectivity index (χ3v) is 4.87. The van der Waals surface area contributed by atoms with Crippen LogP contribution in [0.25, 0.3) is 10.8 Å². The molecule has 1 saturated heterocycles. The Bertz CT molecular complexity index is 1100. The maximum atomic E-state index is 12.8. The minimum Gasteiger partial charge on any atom is -0.484 e. The van der Waals surface area contributed by atoms with E-state index in [0.29, 0.717) is 16.3 Å². The first-order chi connectivity index (χ1) is 14.0. The second-order valence-electron chi connectivity index (χ2n) is 6.89. The van der Waals surface area contributed by atoms with E-state index in [9.17, 15) is 14.4 Å². The monoisotopic (exact) mass is 389 g/mol. The third kappa shape index (κ3) is 3.50. The van der Waals surface area contributed by atoms with Crippen LogP contribution in [-0.4, -0.2) is 29.5 Å². The molecule has 29 heavy (non-hydrogen) atoms. The van der Waals surface area contributed by atoms with Crippen LogP contribution in [-0.2, 0) is 15.1 Å². The van der Waals surface area contributed by atoms with Crippen molar-refractivity contribution in [2.24, 2.45) is 0 Å². The number of nitrogens with one attached hydrogen (secondary N) is 2. The van der Waals surface area contributed by atoms with Crippen LogP contribution in [0.3, 0.4) is 0 Å². The van der Waals surface area contributed by atoms with Gasteiger partial charge in [0.2, 0.25) is 0 Å². The molecule has 7 heteroatoms. The van der Waals surface area contributed by atoms with Crippen molar-refractivity contribution >= 4 is 28.6 Å². The number of fused-ring (bicyclic) bond motifs is 1. The number of amides is 4. The van der Waals surface area contributed by atoms with Gasteiger partial charge in [-0.1, -0.05) is 60.7 Å². The van der Waals surface area contributed by atoms with Gasteiger partial charge in [0.1, 0.15) is 11.3 Å². The van der Waals surface area contributed by atoms with Gasteiger partial charge in [0, 0.05) is 0 Å². The number of urea groups is 1. The van der Waals surface area contributed by atoms with Crippen LogP contribution in [0.2, 0.25) is 0 Å². The van der Waals surface area contributed by atoms with Gasteiger partial charge in [-0.15, -0.1) is 0 Å². The summed E-state index contributed by atoms with van der Waals surface area (Å²) in [4.78, 5) is 37.3. The number of hydrogen-bond donors (Lipinski definition) is 2. The molecular weight excluding hydrogens is 370 g/mol. The fraction of sp³-hybridized carbons (Fsp3) is 0.136. The molecule has 1 aliphatic heterocycles. The van der Waals surface area contributed by atoms with Gasteiger partial charge in [-0.3, -0.25) is 15.0 Å². The molecular formula is C22H19N3O4. The molecule has 0 unspecified atom stereocenters. The lowest BCUT2D eigenvalue weighted by Crippen LogP contribution is -2.49. The molecule has 0 spiro atoms. The highest BCUT2D eigenvalue weighted by molar-refractivity contribution is 6.08. The SMILES string of the molecule is C[C@]1(c2ccccc2)NC(=O)N(NC(=O)COc2ccc3ccccc3c2)C1=O. The van der Waals surface area contributed by atoms with E-state index in [0.717, 1.165) is 10.8 Å². The molecule has 1 aliphatic rings. The molecule has 4 amide bonds. The summed E-state index contributed by atoms with van der Waals surface area (Å²) in [5.41, 5.74) is 1.70. The molecule has 146 valence electrons. The number of nitrogens with zero attached hydrogens (tertiary/aromatic N) is 1. The van der Waals surface area contributed by atoms with Gasteiger partial charge in [0.25, 0.3) is 11.8 Å². The Labute approximate surface area is 167 Å². The van der Waals surface area contributed by atoms with Gasteiger partial charge in [0.05, 0.1) is 0 Å². The summed E-state index contributed by atoms with van der Waals surface area (Å²) in [6.45, 7) is 1.26. The highest BCUT2D eigenvalue weighted by Crippen LogP contribution is 2.27. The number of ether oxygens (including phenoxy) is 1. The van der Waals surface area contributed by atoms with Crippen molar-refractivity contribution in [1.29, 1.82) is 0 Å². The molecule has 2 N–H and O–H groups in total. The Morgan fingerprint density at radius 1 is 1.00 bits per heavy atom. The Morgan fingerprint density at radius 3 is 2.45 bits per heavy atom. The fourth-order valence-corrected chi connectivity index (χ4v) is 3.27. The number of rotatable bonds is 5. The van der Waals surface area contributed by atoms with Crippen LogP contribution in [0, 0.1) is 0 Å². The standard InChI is InChI=1S/C22H19N3O4/c1-22(17-9-3-2-4-10-17)20(27)25(21(28)23-22)24-19(26)14-29-18-12-11-15-7-5-6-8-16(15)13-18/h2-13H,14H2,1H3,(H,23,28)(H,24,26)/t22-/m1/s1. The quantitative estimate of drug-likeness (QED) is 0.657. The second-order valence-corrected chi connectivity index (χ2v) is 6.89. The molecule has 1 heterocycles. The number of carbonyl (C=O) groups is 3. The average molecular weight is 389 g/mol. The van der Waals surface area contributed by atoms with E-state index in [1.807, 2.05) is 42.5 Å². The van der Waals surface area contributed by atoms with Gasteiger partial charge in [-0.2, -0.15) is 5.01 Å². The maximum Gasteiger partial charge on any atom is 0.344 e. The van der Waals surface area contributed by atoms with Crippen LogP contribution in [0.15, 0.2) is 72.8 Å². The zero-order valence-electron chi connectivity index (χ0n) is 15.7. The number of imide groups is 1. The third-order valence-electron chi connectivity index (χ3n) is 4.87. The van der Waals surface area contributed by atoms with Gasteiger partial charge in [0.15, 0.2) is 6.61 Å². The van der Waals surface area contributed by atoms with Crippen molar-refractivity contribution in [3.8, 4) is 5.75 Å². The Hall–Kier alpha value is -3.87. The zero-order valence-corrected chi connectivity index (χ0v) is 15.7. The van der Waals surface area contributed by atoms with Gasteiger partial charge in [-0.25, -0.2) is 4.79 Å². The van der Waals surface area contributed by atoms with E-state index in [-0.39, 0.29) is 6.61 Å². The Balaban J connectivity index is 1.41. The number of hydrazine groups is 1. The van der Waals surface area contributed by atoms with Crippen LogP contribution >= 0.6 is 0 Å². The summed E-state index contributed by atoms with van der Waals surface area (Å²) in [5, 5.41) is 5.36. The van der Waals surface area contributed by atoms with Crippen LogP contribution < -0.4 is 15.5 Å². The lowest BCUT2D eigenvalue weighted by Gasteiger charge is -2.22. The summed E-state index contributed by atoms with van der Waals surface area (Å²) in [5.74, 6) is -0.656. The number of hydrogen-bond acceptors (Lipinski definition) is 4. The molecule has 3 aromatic rings. The van der Waals surface area contributed by atoms with E-state index in [4.69, 9.17) is 4.74 Å². The van der Waals surface area contributed by atoms with Gasteiger partial charge < -0.3 is 10.1 Å². The Kier molecular flexibility index (Phi) is 4.64. The Morgan fingerprint density at radius 2 is 1.69 bits per heavy atom. The van der Waals surface area contributed by atoms with Crippen molar-refractivity contribution in [2.75, 3.05) is 6.61 Å². The van der Waals surface area contributed by atoms with E-state index in [1.54, 1.807) is 37.3 Å². The topological polar surface area (TPSA) is 87.7 Å². The van der Waals surface area contributed by atoms with Crippen molar-refractivity contribution < 1.29 is 19.1 Å². The van der Waals surface area contributed by atoms with Crippen LogP contribution in [0.5, 0.6) is 5.75 Å². The molecule has 0 aromatic heterocycles. The second kappa shape index (κ2) is 7.27. The molecule has 0 radical (unpaired) electrons. The number of benzene rings is 3. The summed E-state index contributed by atoms with van der Waals surface area (Å²) >= 11 is 0. The smallest absolute Gasteiger partial charge is 0.344 e. The number of carbonyl (C=O) groups excluding carboxylic acids is 3. The summed E-state index contributed by atoms with van der Waals surface area (Å²) in [6.07, 6.45) is 0. The van der Waals surface area contributed by atoms with E-state index < -0.39 is 23.4 Å². The maximum absolute atomic E-state index is 12.8. The predicted molar refractivity (Wildman–Crippen MR) is 107 cm³/mol. The molecule has 3 aromatic carbocycles. The molecule has 1 fully saturated rings. The highest BCUT2D eigenvalue weighted by Gasteiger charge is 2.49. The van der Waals surface area contributed by atoms with Crippen LogP contribution in [0.1, 0.15) is 12.5 Å². The van der Waals surface area contributed by atoms with Crippen LogP contribution in [0.4, 0.5) is 4.79 Å². The predicted octanol–water partition coefficient (Wildman–Crippen LogP) is 2.72. The molecule has 4 rings (SSSR count). The van der Waals surface area contributed by atoms with E-state index >= 15 is 0 Å². The summed E-state index contributed by atoms with van der Waals surface area (Å²) in [7, 11) is 0. The largest absolute Gasteiger partial charge is 0.484 e. The molecule has 7 nitrogen and oxygen atoms in total. The van der Waals surface area contributed by atoms with Gasteiger partial charge in [-0.05, 0) is 35.4 Å². The highest BCUT2D eigenvalue weighted by atomic mass is 16.5. The zero-order chi connectivity index (χ0) is 20.4. The first kappa shape index (κ1) is 18.5. The van der Waals surface area contributed by atoms with E-state index in [1.165, 1.54) is 0 Å². The first-order valence-corrected chi connectivity index (χ1v) is 9.11. The average Bonchev–Trinajstić information content (AvgIpc) is 2.96. The minimum atomic E-state index is -1.25. The summed E-state index contributed by atoms with van der Waals surface area (Å²) < 4.78 is 5.51. The lowest BCUT2D eigenvalue weighted by atomic mass is 9.92. The fourth-order valence-electron chi connectivity index (χ4n) is 3.27. The van der Waals surface area contributed by atoms with Crippen molar-refractivity contribution in [2.45, 2.75) is 12.5 Å².